The molecule has 3 heteroatoms. The Morgan fingerprint density at radius 2 is 1.89 bits per heavy atom. The van der Waals surface area contributed by atoms with Crippen molar-refractivity contribution in [3.63, 3.8) is 0 Å². The van der Waals surface area contributed by atoms with Gasteiger partial charge in [0.1, 0.15) is 11.6 Å². The van der Waals surface area contributed by atoms with E-state index in [1.807, 2.05) is 0 Å². The number of nitrogens with one attached hydrogen (secondary N) is 1. The summed E-state index contributed by atoms with van der Waals surface area (Å²) in [4.78, 5) is 9.51. The standard InChI is InChI=1S/C15H25N3/c1-5-16-13-10-12(15(2,3)4)17-14(18-13)11-8-6-7-9-11/h10-11H,5-9H2,1-4H3,(H,16,17,18). The van der Waals surface area contributed by atoms with Crippen LogP contribution in [0.1, 0.15) is 70.8 Å². The van der Waals surface area contributed by atoms with Gasteiger partial charge in [0.05, 0.1) is 5.69 Å². The minimum Gasteiger partial charge on any atom is -0.370 e. The molecule has 0 aliphatic heterocycles. The molecule has 0 amide bonds. The highest BCUT2D eigenvalue weighted by molar-refractivity contribution is 5.38. The zero-order valence-electron chi connectivity index (χ0n) is 12.1. The molecule has 0 atom stereocenters. The van der Waals surface area contributed by atoms with Gasteiger partial charge in [-0.05, 0) is 19.8 Å². The molecule has 2 rings (SSSR count). The molecule has 1 heterocycles. The second-order valence-corrected chi connectivity index (χ2v) is 6.26. The van der Waals surface area contributed by atoms with E-state index in [1.54, 1.807) is 0 Å². The highest BCUT2D eigenvalue weighted by Crippen LogP contribution is 2.34. The predicted molar refractivity (Wildman–Crippen MR) is 76.1 cm³/mol. The molecule has 1 N–H and O–H groups in total. The van der Waals surface area contributed by atoms with Crippen LogP contribution < -0.4 is 5.32 Å². The fourth-order valence-corrected chi connectivity index (χ4v) is 2.49. The quantitative estimate of drug-likeness (QED) is 0.881. The first-order valence-corrected chi connectivity index (χ1v) is 7.14. The maximum atomic E-state index is 4.82. The Labute approximate surface area is 110 Å². The fourth-order valence-electron chi connectivity index (χ4n) is 2.49. The molecule has 0 radical (unpaired) electrons. The Balaban J connectivity index is 2.35. The topological polar surface area (TPSA) is 37.8 Å². The van der Waals surface area contributed by atoms with Gasteiger partial charge < -0.3 is 5.32 Å². The lowest BCUT2D eigenvalue weighted by atomic mass is 9.91. The summed E-state index contributed by atoms with van der Waals surface area (Å²) in [5.74, 6) is 2.61. The number of nitrogens with zero attached hydrogens (tertiary/aromatic N) is 2. The normalized spacial score (nSPS) is 17.1. The Morgan fingerprint density at radius 3 is 2.44 bits per heavy atom. The van der Waals surface area contributed by atoms with Crippen molar-refractivity contribution < 1.29 is 0 Å². The number of rotatable bonds is 3. The first kappa shape index (κ1) is 13.3. The molecule has 0 aromatic carbocycles. The van der Waals surface area contributed by atoms with Crippen molar-refractivity contribution in [2.24, 2.45) is 0 Å². The SMILES string of the molecule is CCNc1cc(C(C)(C)C)nc(C2CCCC2)n1. The molecule has 1 aromatic rings. The molecule has 1 aromatic heterocycles. The maximum absolute atomic E-state index is 4.82. The second kappa shape index (κ2) is 5.25. The Morgan fingerprint density at radius 1 is 1.22 bits per heavy atom. The molecular weight excluding hydrogens is 222 g/mol. The first-order valence-electron chi connectivity index (χ1n) is 7.14. The first-order chi connectivity index (χ1) is 8.50. The third-order valence-electron chi connectivity index (χ3n) is 3.59. The minimum atomic E-state index is 0.0838. The zero-order valence-corrected chi connectivity index (χ0v) is 12.1. The smallest absolute Gasteiger partial charge is 0.134 e. The van der Waals surface area contributed by atoms with Crippen molar-refractivity contribution in [3.8, 4) is 0 Å². The van der Waals surface area contributed by atoms with E-state index >= 15 is 0 Å². The molecule has 100 valence electrons. The van der Waals surface area contributed by atoms with Gasteiger partial charge in [0.25, 0.3) is 0 Å². The molecule has 1 aliphatic rings. The number of anilines is 1. The fraction of sp³-hybridized carbons (Fsp3) is 0.733. The van der Waals surface area contributed by atoms with Gasteiger partial charge in [-0.25, -0.2) is 9.97 Å². The van der Waals surface area contributed by atoms with Gasteiger partial charge in [0.15, 0.2) is 0 Å². The molecule has 1 fully saturated rings. The summed E-state index contributed by atoms with van der Waals surface area (Å²) in [7, 11) is 0. The van der Waals surface area contributed by atoms with Crippen LogP contribution in [0.15, 0.2) is 6.07 Å². The molecule has 1 aliphatic carbocycles. The molecule has 0 spiro atoms. The molecule has 1 saturated carbocycles. The third kappa shape index (κ3) is 3.01. The third-order valence-corrected chi connectivity index (χ3v) is 3.59. The van der Waals surface area contributed by atoms with Crippen LogP contribution in [0.2, 0.25) is 0 Å². The van der Waals surface area contributed by atoms with Crippen LogP contribution >= 0.6 is 0 Å². The molecule has 0 bridgehead atoms. The highest BCUT2D eigenvalue weighted by atomic mass is 15.0. The van der Waals surface area contributed by atoms with Crippen molar-refractivity contribution in [1.29, 1.82) is 0 Å². The van der Waals surface area contributed by atoms with E-state index in [2.05, 4.69) is 39.1 Å². The predicted octanol–water partition coefficient (Wildman–Crippen LogP) is 3.86. The summed E-state index contributed by atoms with van der Waals surface area (Å²) < 4.78 is 0. The van der Waals surface area contributed by atoms with Crippen molar-refractivity contribution in [1.82, 2.24) is 9.97 Å². The minimum absolute atomic E-state index is 0.0838. The van der Waals surface area contributed by atoms with E-state index in [9.17, 15) is 0 Å². The van der Waals surface area contributed by atoms with E-state index in [1.165, 1.54) is 25.7 Å². The molecule has 0 unspecified atom stereocenters. The van der Waals surface area contributed by atoms with Crippen molar-refractivity contribution in [2.45, 2.75) is 64.7 Å². The largest absolute Gasteiger partial charge is 0.370 e. The number of hydrogen-bond acceptors (Lipinski definition) is 3. The Bertz CT molecular complexity index is 401. The van der Waals surface area contributed by atoms with E-state index < -0.39 is 0 Å². The van der Waals surface area contributed by atoms with Crippen LogP contribution in [0, 0.1) is 0 Å². The van der Waals surface area contributed by atoms with Gasteiger partial charge in [-0.2, -0.15) is 0 Å². The number of aromatic nitrogens is 2. The van der Waals surface area contributed by atoms with Gasteiger partial charge in [0.2, 0.25) is 0 Å². The lowest BCUT2D eigenvalue weighted by molar-refractivity contribution is 0.552. The van der Waals surface area contributed by atoms with Crippen LogP contribution in [0.5, 0.6) is 0 Å². The van der Waals surface area contributed by atoms with Gasteiger partial charge in [0, 0.05) is 23.9 Å². The lowest BCUT2D eigenvalue weighted by Gasteiger charge is -2.21. The summed E-state index contributed by atoms with van der Waals surface area (Å²) in [6.45, 7) is 9.65. The lowest BCUT2D eigenvalue weighted by Crippen LogP contribution is -2.17. The zero-order chi connectivity index (χ0) is 13.2. The van der Waals surface area contributed by atoms with Crippen molar-refractivity contribution in [2.75, 3.05) is 11.9 Å². The molecular formula is C15H25N3. The van der Waals surface area contributed by atoms with Crippen LogP contribution in [0.4, 0.5) is 5.82 Å². The van der Waals surface area contributed by atoms with Crippen molar-refractivity contribution in [3.05, 3.63) is 17.6 Å². The van der Waals surface area contributed by atoms with Crippen LogP contribution in [-0.2, 0) is 5.41 Å². The summed E-state index contributed by atoms with van der Waals surface area (Å²) in [5.41, 5.74) is 1.23. The van der Waals surface area contributed by atoms with E-state index in [0.29, 0.717) is 5.92 Å². The van der Waals surface area contributed by atoms with Crippen molar-refractivity contribution >= 4 is 5.82 Å². The summed E-state index contributed by atoms with van der Waals surface area (Å²) in [6.07, 6.45) is 5.15. The highest BCUT2D eigenvalue weighted by Gasteiger charge is 2.23. The van der Waals surface area contributed by atoms with Crippen LogP contribution in [-0.4, -0.2) is 16.5 Å². The number of hydrogen-bond donors (Lipinski definition) is 1. The molecule has 3 nitrogen and oxygen atoms in total. The van der Waals surface area contributed by atoms with E-state index in [4.69, 9.17) is 9.97 Å². The van der Waals surface area contributed by atoms with Gasteiger partial charge in [-0.3, -0.25) is 0 Å². The van der Waals surface area contributed by atoms with E-state index in [-0.39, 0.29) is 5.41 Å². The Kier molecular flexibility index (Phi) is 3.88. The summed E-state index contributed by atoms with van der Waals surface area (Å²) in [6, 6.07) is 2.10. The Hall–Kier alpha value is -1.12. The maximum Gasteiger partial charge on any atom is 0.134 e. The van der Waals surface area contributed by atoms with Crippen LogP contribution in [0.25, 0.3) is 0 Å². The van der Waals surface area contributed by atoms with E-state index in [0.717, 1.165) is 23.9 Å². The van der Waals surface area contributed by atoms with Gasteiger partial charge in [-0.1, -0.05) is 33.6 Å². The second-order valence-electron chi connectivity index (χ2n) is 6.26. The van der Waals surface area contributed by atoms with Crippen LogP contribution in [0.3, 0.4) is 0 Å². The summed E-state index contributed by atoms with van der Waals surface area (Å²) in [5, 5.41) is 3.33. The monoisotopic (exact) mass is 247 g/mol. The molecule has 0 saturated heterocycles. The average molecular weight is 247 g/mol. The van der Waals surface area contributed by atoms with Gasteiger partial charge in [-0.15, -0.1) is 0 Å². The average Bonchev–Trinajstić information content (AvgIpc) is 2.81. The van der Waals surface area contributed by atoms with Gasteiger partial charge >= 0.3 is 0 Å². The summed E-state index contributed by atoms with van der Waals surface area (Å²) >= 11 is 0. The molecule has 18 heavy (non-hydrogen) atoms.